The molecule has 0 aliphatic carbocycles. The zero-order chi connectivity index (χ0) is 18.5. The summed E-state index contributed by atoms with van der Waals surface area (Å²) >= 11 is 2.15. The van der Waals surface area contributed by atoms with Crippen molar-refractivity contribution in [3.05, 3.63) is 18.7 Å². The molecule has 1 saturated heterocycles. The van der Waals surface area contributed by atoms with Gasteiger partial charge in [0, 0.05) is 19.2 Å². The lowest BCUT2D eigenvalue weighted by atomic mass is 10.1. The largest absolute Gasteiger partial charge is 1.00 e. The number of imidazole rings is 1. The number of alkyl halides is 1. The number of likely N-dealkylation sites (tertiary alicyclic amines) is 1. The van der Waals surface area contributed by atoms with E-state index in [1.54, 1.807) is 17.1 Å². The van der Waals surface area contributed by atoms with Gasteiger partial charge in [0.15, 0.2) is 8.32 Å². The van der Waals surface area contributed by atoms with Crippen LogP contribution in [0.5, 0.6) is 0 Å². The number of piperidine rings is 1. The van der Waals surface area contributed by atoms with Crippen LogP contribution in [-0.4, -0.2) is 47.9 Å². The van der Waals surface area contributed by atoms with Crippen LogP contribution < -0.4 is 28.5 Å². The summed E-state index contributed by atoms with van der Waals surface area (Å²) in [5.41, 5.74) is 0. The van der Waals surface area contributed by atoms with E-state index >= 15 is 0 Å². The van der Waals surface area contributed by atoms with Crippen molar-refractivity contribution in [1.29, 1.82) is 0 Å². The highest BCUT2D eigenvalue weighted by Gasteiger charge is 2.40. The molecule has 0 atom stereocenters. The van der Waals surface area contributed by atoms with E-state index in [-0.39, 0.29) is 35.0 Å². The Bertz CT molecular complexity index is 536. The number of hydrogen-bond acceptors (Lipinski definition) is 2. The van der Waals surface area contributed by atoms with E-state index in [1.807, 2.05) is 27.6 Å². The second kappa shape index (κ2) is 10.6. The monoisotopic (exact) mass is 593 g/mol. The van der Waals surface area contributed by atoms with E-state index in [2.05, 4.69) is 56.5 Å². The van der Waals surface area contributed by atoms with Gasteiger partial charge < -0.3 is 33.3 Å². The van der Waals surface area contributed by atoms with Crippen LogP contribution in [0, 0.1) is 0 Å². The number of amides is 1. The van der Waals surface area contributed by atoms with Crippen molar-refractivity contribution >= 4 is 36.9 Å². The summed E-state index contributed by atoms with van der Waals surface area (Å²) in [6, 6.07) is 0.0615. The quantitative estimate of drug-likeness (QED) is 0.221. The van der Waals surface area contributed by atoms with Crippen molar-refractivity contribution in [1.82, 2.24) is 9.47 Å². The van der Waals surface area contributed by atoms with Gasteiger partial charge >= 0.3 is 6.03 Å². The van der Waals surface area contributed by atoms with Crippen LogP contribution in [0.1, 0.15) is 33.6 Å². The Balaban J connectivity index is 0.00000185. The van der Waals surface area contributed by atoms with E-state index in [4.69, 9.17) is 4.43 Å². The maximum atomic E-state index is 12.4. The summed E-state index contributed by atoms with van der Waals surface area (Å²) in [6.07, 6.45) is 7.66. The molecule has 1 fully saturated rings. The number of nitrogens with zero attached hydrogens (tertiary/aromatic N) is 3. The Morgan fingerprint density at radius 1 is 1.24 bits per heavy atom. The predicted molar refractivity (Wildman–Crippen MR) is 109 cm³/mol. The van der Waals surface area contributed by atoms with E-state index in [0.29, 0.717) is 6.10 Å². The minimum atomic E-state index is -1.71. The van der Waals surface area contributed by atoms with Crippen LogP contribution in [0.25, 0.3) is 0 Å². The Hall–Kier alpha value is 0.317. The molecule has 8 heteroatoms. The fourth-order valence-corrected chi connectivity index (χ4v) is 3.91. The van der Waals surface area contributed by atoms with Gasteiger partial charge in [-0.25, -0.2) is 9.36 Å². The third-order valence-corrected chi connectivity index (χ3v) is 9.50. The molecule has 1 aromatic heterocycles. The highest BCUT2D eigenvalue weighted by Crippen LogP contribution is 2.38. The minimum Gasteiger partial charge on any atom is -1.00 e. The molecule has 0 bridgehead atoms. The molecule has 0 unspecified atom stereocenters. The van der Waals surface area contributed by atoms with E-state index < -0.39 is 8.32 Å². The number of aromatic nitrogens is 2. The van der Waals surface area contributed by atoms with Gasteiger partial charge in [0.25, 0.3) is 6.33 Å². The molecule has 2 heterocycles. The van der Waals surface area contributed by atoms with Crippen molar-refractivity contribution in [3.8, 4) is 0 Å². The molecular weight excluding hydrogens is 560 g/mol. The lowest BCUT2D eigenvalue weighted by molar-refractivity contribution is -0.670. The molecule has 0 saturated carbocycles. The Morgan fingerprint density at radius 2 is 1.76 bits per heavy atom. The lowest BCUT2D eigenvalue weighted by Crippen LogP contribution is -3.00. The molecule has 146 valence electrons. The summed E-state index contributed by atoms with van der Waals surface area (Å²) in [5, 5.41) is 0.236. The molecule has 0 aromatic carbocycles. The standard InChI is InChI=1S/C16H30N3O2Si.CH3I.HI/c1-16(2,3)22(5,6)21-14-7-9-18(10-8-14)15(20)19-12-11-17(4)13-19;1-2;/h11-14H,7-10H2,1-6H3;1H3;1H/q+1;;/p-1. The maximum absolute atomic E-state index is 12.4. The summed E-state index contributed by atoms with van der Waals surface area (Å²) in [7, 11) is 0.206. The lowest BCUT2D eigenvalue weighted by Gasteiger charge is -2.41. The van der Waals surface area contributed by atoms with Gasteiger partial charge in [0.1, 0.15) is 12.4 Å². The van der Waals surface area contributed by atoms with Gasteiger partial charge in [0.05, 0.1) is 7.05 Å². The molecule has 1 aliphatic heterocycles. The zero-order valence-corrected chi connectivity index (χ0v) is 21.9. The summed E-state index contributed by atoms with van der Waals surface area (Å²) in [6.45, 7) is 13.0. The Kier molecular flexibility index (Phi) is 10.7. The first kappa shape index (κ1) is 25.3. The number of carbonyl (C=O) groups excluding carboxylic acids is 1. The third kappa shape index (κ3) is 7.09. The van der Waals surface area contributed by atoms with Crippen molar-refractivity contribution in [2.75, 3.05) is 18.0 Å². The van der Waals surface area contributed by atoms with E-state index in [1.165, 1.54) is 0 Å². The second-order valence-corrected chi connectivity index (χ2v) is 12.6. The average molecular weight is 593 g/mol. The minimum absolute atomic E-state index is 0. The fourth-order valence-electron chi connectivity index (χ4n) is 2.49. The Morgan fingerprint density at radius 3 is 2.16 bits per heavy atom. The van der Waals surface area contributed by atoms with Crippen molar-refractivity contribution in [3.63, 3.8) is 0 Å². The van der Waals surface area contributed by atoms with Crippen LogP contribution in [0.4, 0.5) is 4.79 Å². The molecule has 0 N–H and O–H groups in total. The SMILES string of the molecule is CI.C[n+]1ccn(C(=O)N2CCC(O[Si](C)(C)C(C)(C)C)CC2)c1.[I-]. The molecule has 0 radical (unpaired) electrons. The highest BCUT2D eigenvalue weighted by molar-refractivity contribution is 14.1. The van der Waals surface area contributed by atoms with Gasteiger partial charge in [-0.15, -0.1) is 0 Å². The molecule has 5 nitrogen and oxygen atoms in total. The predicted octanol–water partition coefficient (Wildman–Crippen LogP) is 0.822. The van der Waals surface area contributed by atoms with Crippen LogP contribution in [-0.2, 0) is 11.5 Å². The van der Waals surface area contributed by atoms with E-state index in [0.717, 1.165) is 25.9 Å². The highest BCUT2D eigenvalue weighted by atomic mass is 127. The van der Waals surface area contributed by atoms with Crippen molar-refractivity contribution in [2.45, 2.75) is 57.8 Å². The first-order valence-electron chi connectivity index (χ1n) is 8.48. The first-order valence-corrected chi connectivity index (χ1v) is 13.5. The van der Waals surface area contributed by atoms with Crippen molar-refractivity contribution in [2.24, 2.45) is 7.05 Å². The summed E-state index contributed by atoms with van der Waals surface area (Å²) < 4.78 is 10.00. The normalized spacial score (nSPS) is 15.9. The van der Waals surface area contributed by atoms with Gasteiger partial charge in [-0.1, -0.05) is 43.4 Å². The van der Waals surface area contributed by atoms with Crippen LogP contribution in [0.2, 0.25) is 18.1 Å². The molecule has 25 heavy (non-hydrogen) atoms. The average Bonchev–Trinajstić information content (AvgIpc) is 2.94. The topological polar surface area (TPSA) is 38.3 Å². The van der Waals surface area contributed by atoms with Crippen LogP contribution >= 0.6 is 22.6 Å². The smallest absolute Gasteiger partial charge is 0.415 e. The van der Waals surface area contributed by atoms with Gasteiger partial charge in [-0.2, -0.15) is 4.57 Å². The summed E-state index contributed by atoms with van der Waals surface area (Å²) in [5.74, 6) is 0. The zero-order valence-electron chi connectivity index (χ0n) is 16.6. The molecule has 0 spiro atoms. The molecule has 2 rings (SSSR count). The molecule has 1 amide bonds. The van der Waals surface area contributed by atoms with Crippen LogP contribution in [0.15, 0.2) is 18.7 Å². The number of carbonyl (C=O) groups is 1. The van der Waals surface area contributed by atoms with Gasteiger partial charge in [-0.3, -0.25) is 0 Å². The van der Waals surface area contributed by atoms with Gasteiger partial charge in [0.2, 0.25) is 0 Å². The number of aryl methyl sites for hydroxylation is 1. The number of halogens is 2. The third-order valence-electron chi connectivity index (χ3n) is 4.97. The van der Waals surface area contributed by atoms with Gasteiger partial charge in [-0.05, 0) is 35.9 Å². The number of hydrogen-bond donors (Lipinski definition) is 0. The maximum Gasteiger partial charge on any atom is 0.415 e. The van der Waals surface area contributed by atoms with Crippen molar-refractivity contribution < 1.29 is 37.8 Å². The second-order valence-electron chi connectivity index (χ2n) is 7.83. The molecule has 1 aromatic rings. The fraction of sp³-hybridized carbons (Fsp3) is 0.765. The molecular formula is C17H33I2N3O2Si. The molecule has 1 aliphatic rings. The first-order chi connectivity index (χ1) is 11.1. The summed E-state index contributed by atoms with van der Waals surface area (Å²) in [4.78, 5) is 16.3. The van der Waals surface area contributed by atoms with E-state index in [9.17, 15) is 4.79 Å². The van der Waals surface area contributed by atoms with Crippen LogP contribution in [0.3, 0.4) is 0 Å². The Labute approximate surface area is 184 Å². The number of rotatable bonds is 2.